The third-order valence-corrected chi connectivity index (χ3v) is 3.84. The van der Waals surface area contributed by atoms with Crippen molar-refractivity contribution in [2.24, 2.45) is 0 Å². The maximum atomic E-state index is 11.8. The number of rotatable bonds is 9. The quantitative estimate of drug-likeness (QED) is 0.429. The molecule has 4 atom stereocenters. The molecule has 0 aromatic heterocycles. The highest BCUT2D eigenvalue weighted by Crippen LogP contribution is 2.28. The van der Waals surface area contributed by atoms with Gasteiger partial charge in [-0.2, -0.15) is 0 Å². The van der Waals surface area contributed by atoms with Crippen LogP contribution in [0.5, 0.6) is 0 Å². The van der Waals surface area contributed by atoms with Gasteiger partial charge in [0.1, 0.15) is 12.7 Å². The van der Waals surface area contributed by atoms with Gasteiger partial charge >= 0.3 is 23.9 Å². The van der Waals surface area contributed by atoms with Crippen LogP contribution < -0.4 is 0 Å². The fourth-order valence-corrected chi connectivity index (χ4v) is 2.33. The van der Waals surface area contributed by atoms with Crippen LogP contribution in [-0.4, -0.2) is 55.1 Å². The maximum absolute atomic E-state index is 11.8. The molecule has 1 heterocycles. The zero-order chi connectivity index (χ0) is 20.4. The van der Waals surface area contributed by atoms with Crippen molar-refractivity contribution in [1.82, 2.24) is 0 Å². The van der Waals surface area contributed by atoms with Crippen LogP contribution >= 0.6 is 0 Å². The van der Waals surface area contributed by atoms with E-state index in [-0.39, 0.29) is 38.7 Å². The molecule has 9 heteroatoms. The Kier molecular flexibility index (Phi) is 9.77. The Labute approximate surface area is 158 Å². The summed E-state index contributed by atoms with van der Waals surface area (Å²) in [6.45, 7) is 6.40. The van der Waals surface area contributed by atoms with E-state index in [1.54, 1.807) is 27.7 Å². The second-order valence-corrected chi connectivity index (χ2v) is 5.93. The second-order valence-electron chi connectivity index (χ2n) is 5.93. The molecule has 1 fully saturated rings. The highest BCUT2D eigenvalue weighted by Gasteiger charge is 2.45. The number of carbonyl (C=O) groups is 4. The summed E-state index contributed by atoms with van der Waals surface area (Å²) in [5.74, 6) is -2.02. The largest absolute Gasteiger partial charge is 0.463 e. The summed E-state index contributed by atoms with van der Waals surface area (Å²) in [4.78, 5) is 46.7. The molecule has 0 N–H and O–H groups in total. The molecule has 9 nitrogen and oxygen atoms in total. The number of esters is 4. The minimum Gasteiger partial charge on any atom is -0.463 e. The second kappa shape index (κ2) is 11.5. The molecule has 0 aromatic carbocycles. The standard InChI is InChI=1S/C18H28O9/c1-5-13(19)23-10-11-9-12(25-14(20)6-2)17(26-15(21)7-3)18(24-11)27-16(22)8-4/h11-12,17-18H,5-10H2,1-4H3/t11-,12+,17-,18-/m1/s1. The SMILES string of the molecule is CCC(=O)OC[C@H]1C[C@H](OC(=O)CC)[C@@H](OC(=O)CC)[C@@H](OC(=O)CC)O1. The van der Waals surface area contributed by atoms with E-state index in [1.807, 2.05) is 0 Å². The van der Waals surface area contributed by atoms with Crippen LogP contribution in [0.15, 0.2) is 0 Å². The smallest absolute Gasteiger partial charge is 0.307 e. The lowest BCUT2D eigenvalue weighted by Crippen LogP contribution is -2.54. The first-order valence-electron chi connectivity index (χ1n) is 9.23. The predicted octanol–water partition coefficient (Wildman–Crippen LogP) is 1.65. The van der Waals surface area contributed by atoms with E-state index in [9.17, 15) is 19.2 Å². The van der Waals surface area contributed by atoms with Crippen molar-refractivity contribution in [2.45, 2.75) is 84.4 Å². The van der Waals surface area contributed by atoms with Crippen LogP contribution in [0.25, 0.3) is 0 Å². The fourth-order valence-electron chi connectivity index (χ4n) is 2.33. The zero-order valence-corrected chi connectivity index (χ0v) is 16.2. The van der Waals surface area contributed by atoms with E-state index in [0.29, 0.717) is 0 Å². The Bertz CT molecular complexity index is 503. The predicted molar refractivity (Wildman–Crippen MR) is 91.3 cm³/mol. The monoisotopic (exact) mass is 388 g/mol. The van der Waals surface area contributed by atoms with Crippen molar-refractivity contribution < 1.29 is 42.9 Å². The van der Waals surface area contributed by atoms with Gasteiger partial charge in [-0.3, -0.25) is 19.2 Å². The topological polar surface area (TPSA) is 114 Å². The van der Waals surface area contributed by atoms with Gasteiger partial charge in [-0.1, -0.05) is 27.7 Å². The van der Waals surface area contributed by atoms with E-state index in [4.69, 9.17) is 23.7 Å². The molecule has 1 aliphatic rings. The maximum Gasteiger partial charge on any atom is 0.307 e. The van der Waals surface area contributed by atoms with Gasteiger partial charge < -0.3 is 23.7 Å². The molecular formula is C18H28O9. The van der Waals surface area contributed by atoms with Crippen LogP contribution in [0.1, 0.15) is 59.8 Å². The Morgan fingerprint density at radius 3 is 1.85 bits per heavy atom. The van der Waals surface area contributed by atoms with Crippen LogP contribution in [0, 0.1) is 0 Å². The van der Waals surface area contributed by atoms with Crippen LogP contribution in [0.4, 0.5) is 0 Å². The summed E-state index contributed by atoms with van der Waals surface area (Å²) in [6.07, 6.45) is -3.29. The van der Waals surface area contributed by atoms with Crippen LogP contribution in [0.3, 0.4) is 0 Å². The normalized spacial score (nSPS) is 24.6. The molecule has 1 saturated heterocycles. The first-order chi connectivity index (χ1) is 12.8. The Morgan fingerprint density at radius 1 is 0.778 bits per heavy atom. The Balaban J connectivity index is 3.00. The van der Waals surface area contributed by atoms with E-state index in [0.717, 1.165) is 0 Å². The van der Waals surface area contributed by atoms with Crippen molar-refractivity contribution in [2.75, 3.05) is 6.61 Å². The van der Waals surface area contributed by atoms with Gasteiger partial charge in [-0.05, 0) is 0 Å². The van der Waals surface area contributed by atoms with E-state index in [1.165, 1.54) is 0 Å². The molecule has 0 radical (unpaired) electrons. The Hall–Kier alpha value is -2.16. The van der Waals surface area contributed by atoms with Gasteiger partial charge in [0, 0.05) is 32.1 Å². The fraction of sp³-hybridized carbons (Fsp3) is 0.778. The molecule has 0 bridgehead atoms. The summed E-state index contributed by atoms with van der Waals surface area (Å²) in [6, 6.07) is 0. The highest BCUT2D eigenvalue weighted by atomic mass is 16.7. The molecule has 0 saturated carbocycles. The van der Waals surface area contributed by atoms with Crippen molar-refractivity contribution in [1.29, 1.82) is 0 Å². The highest BCUT2D eigenvalue weighted by molar-refractivity contribution is 5.71. The van der Waals surface area contributed by atoms with Gasteiger partial charge in [0.15, 0.2) is 0 Å². The van der Waals surface area contributed by atoms with Crippen molar-refractivity contribution in [3.05, 3.63) is 0 Å². The average Bonchev–Trinajstić information content (AvgIpc) is 2.67. The average molecular weight is 388 g/mol. The molecule has 0 spiro atoms. The van der Waals surface area contributed by atoms with Gasteiger partial charge in [0.2, 0.25) is 12.4 Å². The molecule has 154 valence electrons. The molecule has 1 rings (SSSR count). The minimum absolute atomic E-state index is 0.0865. The van der Waals surface area contributed by atoms with Gasteiger partial charge in [-0.25, -0.2) is 0 Å². The Morgan fingerprint density at radius 2 is 1.30 bits per heavy atom. The number of hydrogen-bond donors (Lipinski definition) is 0. The van der Waals surface area contributed by atoms with E-state index >= 15 is 0 Å². The third-order valence-electron chi connectivity index (χ3n) is 3.84. The number of carbonyl (C=O) groups excluding carboxylic acids is 4. The first-order valence-corrected chi connectivity index (χ1v) is 9.23. The lowest BCUT2D eigenvalue weighted by Gasteiger charge is -2.39. The molecule has 1 aliphatic heterocycles. The van der Waals surface area contributed by atoms with Crippen LogP contribution in [-0.2, 0) is 42.9 Å². The summed E-state index contributed by atoms with van der Waals surface area (Å²) in [5, 5.41) is 0. The van der Waals surface area contributed by atoms with Gasteiger partial charge in [-0.15, -0.1) is 0 Å². The molecule has 0 aliphatic carbocycles. The van der Waals surface area contributed by atoms with E-state index < -0.39 is 48.5 Å². The summed E-state index contributed by atoms with van der Waals surface area (Å²) >= 11 is 0. The summed E-state index contributed by atoms with van der Waals surface area (Å²) in [5.41, 5.74) is 0. The van der Waals surface area contributed by atoms with Gasteiger partial charge in [0.25, 0.3) is 0 Å². The molecule has 0 amide bonds. The summed E-state index contributed by atoms with van der Waals surface area (Å²) < 4.78 is 26.7. The molecule has 27 heavy (non-hydrogen) atoms. The molecule has 0 aromatic rings. The van der Waals surface area contributed by atoms with Gasteiger partial charge in [0.05, 0.1) is 6.10 Å². The lowest BCUT2D eigenvalue weighted by atomic mass is 10.0. The van der Waals surface area contributed by atoms with Crippen molar-refractivity contribution in [3.63, 3.8) is 0 Å². The van der Waals surface area contributed by atoms with Crippen LogP contribution in [0.2, 0.25) is 0 Å². The number of hydrogen-bond acceptors (Lipinski definition) is 9. The van der Waals surface area contributed by atoms with Crippen molar-refractivity contribution >= 4 is 23.9 Å². The molecular weight excluding hydrogens is 360 g/mol. The lowest BCUT2D eigenvalue weighted by molar-refractivity contribution is -0.272. The first kappa shape index (κ1) is 22.9. The third kappa shape index (κ3) is 7.54. The molecule has 0 unspecified atom stereocenters. The minimum atomic E-state index is -1.26. The zero-order valence-electron chi connectivity index (χ0n) is 16.2. The number of ether oxygens (including phenoxy) is 5. The van der Waals surface area contributed by atoms with Crippen molar-refractivity contribution in [3.8, 4) is 0 Å². The summed E-state index contributed by atoms with van der Waals surface area (Å²) in [7, 11) is 0. The van der Waals surface area contributed by atoms with E-state index in [2.05, 4.69) is 0 Å².